The zero-order valence-electron chi connectivity index (χ0n) is 16.9. The normalized spacial score (nSPS) is 10.9. The summed E-state index contributed by atoms with van der Waals surface area (Å²) in [4.78, 5) is 22.0. The molecule has 0 radical (unpaired) electrons. The summed E-state index contributed by atoms with van der Waals surface area (Å²) in [5.74, 6) is 1.22. The molecule has 158 valence electrons. The van der Waals surface area contributed by atoms with Crippen LogP contribution in [0.4, 0.5) is 5.69 Å². The fourth-order valence-electron chi connectivity index (χ4n) is 3.28. The lowest BCUT2D eigenvalue weighted by atomic mass is 10.1. The van der Waals surface area contributed by atoms with Crippen LogP contribution in [0.1, 0.15) is 16.2 Å². The number of pyridine rings is 1. The molecule has 4 rings (SSSR count). The first kappa shape index (κ1) is 21.0. The van der Waals surface area contributed by atoms with Crippen molar-refractivity contribution in [2.75, 3.05) is 19.5 Å². The number of fused-ring (bicyclic) bond motifs is 1. The Balaban J connectivity index is 1.74. The number of carbonyl (C=O) groups is 1. The molecule has 1 N–H and O–H groups in total. The molecule has 0 saturated heterocycles. The standard InChI is InChI=1S/C22H18Cl2N4O3/c1-12-26-17-5-4-8-25-21(17)28(12)18-9-13(6-7-15(18)23)22(29)27-20-16(24)10-14(30-2)11-19(20)31-3/h4-11H,1-3H3,(H,27,29). The fraction of sp³-hybridized carbons (Fsp3) is 0.136. The SMILES string of the molecule is COc1cc(Cl)c(NC(=O)c2ccc(Cl)c(-n3c(C)nc4cccnc43)c2)c(OC)c1. The second-order valence-electron chi connectivity index (χ2n) is 6.65. The number of nitrogens with zero attached hydrogens (tertiary/aromatic N) is 3. The first-order valence-corrected chi connectivity index (χ1v) is 10.0. The van der Waals surface area contributed by atoms with Crippen LogP contribution in [0.5, 0.6) is 11.5 Å². The molecular formula is C22H18Cl2N4O3. The zero-order valence-corrected chi connectivity index (χ0v) is 18.5. The Morgan fingerprint density at radius 3 is 2.61 bits per heavy atom. The molecule has 0 atom stereocenters. The maximum atomic E-state index is 13.0. The Kier molecular flexibility index (Phi) is 5.71. The van der Waals surface area contributed by atoms with E-state index in [0.717, 1.165) is 5.52 Å². The van der Waals surface area contributed by atoms with Crippen LogP contribution in [0.15, 0.2) is 48.7 Å². The number of amides is 1. The highest BCUT2D eigenvalue weighted by atomic mass is 35.5. The summed E-state index contributed by atoms with van der Waals surface area (Å²) < 4.78 is 12.4. The fourth-order valence-corrected chi connectivity index (χ4v) is 3.73. The monoisotopic (exact) mass is 456 g/mol. The van der Waals surface area contributed by atoms with E-state index in [9.17, 15) is 4.79 Å². The highest BCUT2D eigenvalue weighted by Crippen LogP contribution is 2.37. The number of nitrogens with one attached hydrogen (secondary N) is 1. The third-order valence-corrected chi connectivity index (χ3v) is 5.37. The molecule has 2 aromatic carbocycles. The molecule has 4 aromatic rings. The number of methoxy groups -OCH3 is 2. The van der Waals surface area contributed by atoms with E-state index in [1.165, 1.54) is 14.2 Å². The molecule has 2 aromatic heterocycles. The van der Waals surface area contributed by atoms with Gasteiger partial charge in [-0.3, -0.25) is 9.36 Å². The molecule has 31 heavy (non-hydrogen) atoms. The van der Waals surface area contributed by atoms with E-state index in [2.05, 4.69) is 15.3 Å². The summed E-state index contributed by atoms with van der Waals surface area (Å²) in [6, 6.07) is 11.9. The van der Waals surface area contributed by atoms with Crippen LogP contribution in [0.25, 0.3) is 16.9 Å². The van der Waals surface area contributed by atoms with Crippen LogP contribution in [0.3, 0.4) is 0 Å². The summed E-state index contributed by atoms with van der Waals surface area (Å²) in [6.45, 7) is 1.85. The van der Waals surface area contributed by atoms with Gasteiger partial charge >= 0.3 is 0 Å². The van der Waals surface area contributed by atoms with Crippen molar-refractivity contribution < 1.29 is 14.3 Å². The average Bonchev–Trinajstić information content (AvgIpc) is 3.10. The van der Waals surface area contributed by atoms with E-state index < -0.39 is 0 Å². The quantitative estimate of drug-likeness (QED) is 0.440. The number of ether oxygens (including phenoxy) is 2. The number of benzene rings is 2. The van der Waals surface area contributed by atoms with Crippen molar-refractivity contribution in [3.63, 3.8) is 0 Å². The molecule has 0 unspecified atom stereocenters. The van der Waals surface area contributed by atoms with Crippen LogP contribution in [-0.4, -0.2) is 34.7 Å². The number of halogens is 2. The predicted octanol–water partition coefficient (Wildman–Crippen LogP) is 5.31. The maximum absolute atomic E-state index is 13.0. The summed E-state index contributed by atoms with van der Waals surface area (Å²) in [6.07, 6.45) is 1.68. The van der Waals surface area contributed by atoms with Gasteiger partial charge in [-0.05, 0) is 37.3 Å². The summed E-state index contributed by atoms with van der Waals surface area (Å²) in [5, 5.41) is 3.56. The van der Waals surface area contributed by atoms with Crippen molar-refractivity contribution in [3.05, 3.63) is 70.1 Å². The van der Waals surface area contributed by atoms with E-state index in [1.54, 1.807) is 36.5 Å². The molecule has 7 nitrogen and oxygen atoms in total. The van der Waals surface area contributed by atoms with Crippen molar-refractivity contribution in [2.45, 2.75) is 6.92 Å². The molecule has 0 aliphatic rings. The van der Waals surface area contributed by atoms with Gasteiger partial charge in [0.15, 0.2) is 5.65 Å². The van der Waals surface area contributed by atoms with E-state index in [1.807, 2.05) is 23.6 Å². The van der Waals surface area contributed by atoms with Crippen molar-refractivity contribution in [1.29, 1.82) is 0 Å². The number of carbonyl (C=O) groups excluding carboxylic acids is 1. The van der Waals surface area contributed by atoms with Gasteiger partial charge in [-0.15, -0.1) is 0 Å². The van der Waals surface area contributed by atoms with Gasteiger partial charge in [0, 0.05) is 23.9 Å². The minimum absolute atomic E-state index is 0.291. The molecule has 0 aliphatic heterocycles. The summed E-state index contributed by atoms with van der Waals surface area (Å²) in [7, 11) is 3.01. The number of hydrogen-bond acceptors (Lipinski definition) is 5. The van der Waals surface area contributed by atoms with Crippen molar-refractivity contribution in [2.24, 2.45) is 0 Å². The van der Waals surface area contributed by atoms with Gasteiger partial charge in [-0.1, -0.05) is 23.2 Å². The minimum Gasteiger partial charge on any atom is -0.497 e. The molecule has 9 heteroatoms. The second kappa shape index (κ2) is 8.45. The molecule has 0 bridgehead atoms. The first-order chi connectivity index (χ1) is 14.9. The van der Waals surface area contributed by atoms with Crippen LogP contribution in [-0.2, 0) is 0 Å². The van der Waals surface area contributed by atoms with Crippen molar-refractivity contribution in [1.82, 2.24) is 14.5 Å². The summed E-state index contributed by atoms with van der Waals surface area (Å²) >= 11 is 12.8. The Labute approximate surface area is 188 Å². The van der Waals surface area contributed by atoms with Crippen LogP contribution < -0.4 is 14.8 Å². The van der Waals surface area contributed by atoms with Gasteiger partial charge in [0.1, 0.15) is 28.5 Å². The predicted molar refractivity (Wildman–Crippen MR) is 121 cm³/mol. The van der Waals surface area contributed by atoms with E-state index >= 15 is 0 Å². The lowest BCUT2D eigenvalue weighted by Crippen LogP contribution is -2.14. The van der Waals surface area contributed by atoms with Gasteiger partial charge in [-0.2, -0.15) is 0 Å². The maximum Gasteiger partial charge on any atom is 0.255 e. The van der Waals surface area contributed by atoms with Crippen LogP contribution >= 0.6 is 23.2 Å². The summed E-state index contributed by atoms with van der Waals surface area (Å²) in [5.41, 5.74) is 2.71. The van der Waals surface area contributed by atoms with Gasteiger partial charge in [0.2, 0.25) is 0 Å². The number of aromatic nitrogens is 3. The number of anilines is 1. The topological polar surface area (TPSA) is 78.3 Å². The smallest absolute Gasteiger partial charge is 0.255 e. The lowest BCUT2D eigenvalue weighted by Gasteiger charge is -2.15. The number of aryl methyl sites for hydroxylation is 1. The third kappa shape index (κ3) is 3.89. The molecule has 2 heterocycles. The minimum atomic E-state index is -0.377. The van der Waals surface area contributed by atoms with E-state index in [4.69, 9.17) is 32.7 Å². The Bertz CT molecular complexity index is 1300. The molecule has 0 aliphatic carbocycles. The second-order valence-corrected chi connectivity index (χ2v) is 7.46. The first-order valence-electron chi connectivity index (χ1n) is 9.25. The van der Waals surface area contributed by atoms with Gasteiger partial charge in [0.05, 0.1) is 30.0 Å². The Hall–Kier alpha value is -3.29. The number of imidazole rings is 1. The van der Waals surface area contributed by atoms with Crippen molar-refractivity contribution in [3.8, 4) is 17.2 Å². The van der Waals surface area contributed by atoms with Gasteiger partial charge in [0.25, 0.3) is 5.91 Å². The highest BCUT2D eigenvalue weighted by Gasteiger charge is 2.18. The molecule has 0 spiro atoms. The molecule has 0 fully saturated rings. The average molecular weight is 457 g/mol. The van der Waals surface area contributed by atoms with Crippen LogP contribution in [0, 0.1) is 6.92 Å². The molecule has 1 amide bonds. The highest BCUT2D eigenvalue weighted by molar-refractivity contribution is 6.34. The number of hydrogen-bond donors (Lipinski definition) is 1. The Morgan fingerprint density at radius 1 is 1.06 bits per heavy atom. The van der Waals surface area contributed by atoms with Crippen molar-refractivity contribution >= 4 is 46.0 Å². The molecule has 0 saturated carbocycles. The van der Waals surface area contributed by atoms with Gasteiger partial charge < -0.3 is 14.8 Å². The van der Waals surface area contributed by atoms with E-state index in [-0.39, 0.29) is 5.91 Å². The van der Waals surface area contributed by atoms with Crippen LogP contribution in [0.2, 0.25) is 10.0 Å². The Morgan fingerprint density at radius 2 is 1.87 bits per heavy atom. The largest absolute Gasteiger partial charge is 0.497 e. The lowest BCUT2D eigenvalue weighted by molar-refractivity contribution is 0.102. The third-order valence-electron chi connectivity index (χ3n) is 4.75. The zero-order chi connectivity index (χ0) is 22.1. The molecular weight excluding hydrogens is 439 g/mol. The van der Waals surface area contributed by atoms with Gasteiger partial charge in [-0.25, -0.2) is 9.97 Å². The number of rotatable bonds is 5. The van der Waals surface area contributed by atoms with E-state index in [0.29, 0.717) is 50.0 Å².